The summed E-state index contributed by atoms with van der Waals surface area (Å²) in [5.41, 5.74) is 3.56. The fraction of sp³-hybridized carbons (Fsp3) is 0.300. The minimum Gasteiger partial charge on any atom is -0.453 e. The van der Waals surface area contributed by atoms with Crippen molar-refractivity contribution in [1.29, 1.82) is 0 Å². The summed E-state index contributed by atoms with van der Waals surface area (Å²) in [5, 5.41) is 10.5. The van der Waals surface area contributed by atoms with Gasteiger partial charge in [0.25, 0.3) is 5.91 Å². The molecule has 0 aliphatic carbocycles. The number of aryl methyl sites for hydroxylation is 3. The molecule has 1 atom stereocenters. The number of rotatable bonds is 7. The molecule has 0 spiro atoms. The maximum atomic E-state index is 12.3. The zero-order valence-electron chi connectivity index (χ0n) is 15.9. The molecule has 7 nitrogen and oxygen atoms in total. The van der Waals surface area contributed by atoms with Crippen molar-refractivity contribution in [2.24, 2.45) is 0 Å². The van der Waals surface area contributed by atoms with Gasteiger partial charge in [0.15, 0.2) is 6.10 Å². The molecule has 1 N–H and O–H groups in total. The lowest BCUT2D eigenvalue weighted by atomic mass is 10.1. The highest BCUT2D eigenvalue weighted by molar-refractivity contribution is 7.08. The first-order chi connectivity index (χ1) is 13.4. The first-order valence-electron chi connectivity index (χ1n) is 8.85. The van der Waals surface area contributed by atoms with Crippen LogP contribution in [0.4, 0.5) is 5.69 Å². The zero-order valence-corrected chi connectivity index (χ0v) is 16.7. The Morgan fingerprint density at radius 2 is 2.11 bits per heavy atom. The molecule has 0 aliphatic rings. The van der Waals surface area contributed by atoms with Crippen LogP contribution in [0.5, 0.6) is 0 Å². The summed E-state index contributed by atoms with van der Waals surface area (Å²) in [4.78, 5) is 28.6. The van der Waals surface area contributed by atoms with E-state index in [-0.39, 0.29) is 18.7 Å². The number of hydrogen-bond acceptors (Lipinski definition) is 7. The average Bonchev–Trinajstić information content (AvgIpc) is 3.34. The number of nitrogens with zero attached hydrogens (tertiary/aromatic N) is 2. The molecule has 0 fully saturated rings. The molecule has 0 unspecified atom stereocenters. The van der Waals surface area contributed by atoms with Gasteiger partial charge in [-0.2, -0.15) is 16.3 Å². The molecule has 3 aromatic rings. The predicted molar refractivity (Wildman–Crippen MR) is 106 cm³/mol. The van der Waals surface area contributed by atoms with Crippen molar-refractivity contribution in [3.05, 3.63) is 52.0 Å². The van der Waals surface area contributed by atoms with Crippen molar-refractivity contribution in [1.82, 2.24) is 10.1 Å². The number of benzene rings is 1. The van der Waals surface area contributed by atoms with E-state index in [1.165, 1.54) is 11.3 Å². The Kier molecular flexibility index (Phi) is 6.20. The van der Waals surface area contributed by atoms with Gasteiger partial charge in [0.1, 0.15) is 0 Å². The van der Waals surface area contributed by atoms with E-state index in [4.69, 9.17) is 9.26 Å². The van der Waals surface area contributed by atoms with Crippen molar-refractivity contribution >= 4 is 28.9 Å². The van der Waals surface area contributed by atoms with E-state index in [0.717, 1.165) is 16.7 Å². The molecule has 0 bridgehead atoms. The van der Waals surface area contributed by atoms with E-state index in [0.29, 0.717) is 17.4 Å². The largest absolute Gasteiger partial charge is 0.453 e. The molecular weight excluding hydrogens is 378 g/mol. The second-order valence-corrected chi connectivity index (χ2v) is 7.24. The summed E-state index contributed by atoms with van der Waals surface area (Å²) in [6, 6.07) is 7.67. The minimum atomic E-state index is -0.906. The molecule has 2 aromatic heterocycles. The maximum absolute atomic E-state index is 12.3. The van der Waals surface area contributed by atoms with Gasteiger partial charge in [-0.05, 0) is 49.4 Å². The van der Waals surface area contributed by atoms with Gasteiger partial charge < -0.3 is 14.6 Å². The molecule has 2 heterocycles. The van der Waals surface area contributed by atoms with Crippen LogP contribution in [0.3, 0.4) is 0 Å². The van der Waals surface area contributed by atoms with Gasteiger partial charge in [-0.1, -0.05) is 17.3 Å². The van der Waals surface area contributed by atoms with Crippen LogP contribution in [0, 0.1) is 13.8 Å². The third kappa shape index (κ3) is 5.04. The van der Waals surface area contributed by atoms with Crippen LogP contribution in [-0.4, -0.2) is 28.1 Å². The predicted octanol–water partition coefficient (Wildman–Crippen LogP) is 3.92. The molecule has 1 amide bonds. The van der Waals surface area contributed by atoms with Gasteiger partial charge >= 0.3 is 5.97 Å². The first-order valence-corrected chi connectivity index (χ1v) is 9.79. The van der Waals surface area contributed by atoms with Crippen LogP contribution in [0.2, 0.25) is 0 Å². The van der Waals surface area contributed by atoms with Crippen molar-refractivity contribution < 1.29 is 18.8 Å². The van der Waals surface area contributed by atoms with Gasteiger partial charge in [-0.25, -0.2) is 0 Å². The standard InChI is InChI=1S/C20H21N3O4S/c1-12-4-5-13(2)16(10-12)21-20(25)14(3)26-18(24)7-6-17-22-19(23-27-17)15-8-9-28-11-15/h4-5,8-11,14H,6-7H2,1-3H3,(H,21,25)/t14-/m1/s1. The second-order valence-electron chi connectivity index (χ2n) is 6.46. The van der Waals surface area contributed by atoms with Gasteiger partial charge in [0.2, 0.25) is 11.7 Å². The summed E-state index contributed by atoms with van der Waals surface area (Å²) in [7, 11) is 0. The summed E-state index contributed by atoms with van der Waals surface area (Å²) in [5.74, 6) is -0.0324. The normalized spacial score (nSPS) is 11.8. The Morgan fingerprint density at radius 1 is 1.29 bits per heavy atom. The summed E-state index contributed by atoms with van der Waals surface area (Å²) in [6.07, 6.45) is -0.607. The number of anilines is 1. The lowest BCUT2D eigenvalue weighted by molar-refractivity contribution is -0.153. The van der Waals surface area contributed by atoms with E-state index in [1.807, 2.05) is 48.9 Å². The average molecular weight is 399 g/mol. The number of ether oxygens (including phenoxy) is 1. The van der Waals surface area contributed by atoms with Crippen molar-refractivity contribution in [3.8, 4) is 11.4 Å². The molecule has 28 heavy (non-hydrogen) atoms. The monoisotopic (exact) mass is 399 g/mol. The SMILES string of the molecule is Cc1ccc(C)c(NC(=O)[C@@H](C)OC(=O)CCc2nc(-c3ccsc3)no2)c1. The van der Waals surface area contributed by atoms with Crippen molar-refractivity contribution in [3.63, 3.8) is 0 Å². The third-order valence-electron chi connectivity index (χ3n) is 4.12. The van der Waals surface area contributed by atoms with E-state index in [9.17, 15) is 9.59 Å². The number of carbonyl (C=O) groups excluding carboxylic acids is 2. The zero-order chi connectivity index (χ0) is 20.1. The van der Waals surface area contributed by atoms with E-state index in [2.05, 4.69) is 15.5 Å². The molecule has 0 saturated heterocycles. The van der Waals surface area contributed by atoms with E-state index >= 15 is 0 Å². The molecule has 0 saturated carbocycles. The minimum absolute atomic E-state index is 0.0480. The lowest BCUT2D eigenvalue weighted by Crippen LogP contribution is -2.30. The number of nitrogens with one attached hydrogen (secondary N) is 1. The van der Waals surface area contributed by atoms with Gasteiger partial charge in [0.05, 0.1) is 6.42 Å². The number of thiophene rings is 1. The van der Waals surface area contributed by atoms with Crippen LogP contribution < -0.4 is 5.32 Å². The van der Waals surface area contributed by atoms with Gasteiger partial charge in [0, 0.05) is 23.1 Å². The topological polar surface area (TPSA) is 94.3 Å². The fourth-order valence-corrected chi connectivity index (χ4v) is 3.12. The molecule has 8 heteroatoms. The first kappa shape index (κ1) is 19.8. The number of hydrogen-bond donors (Lipinski definition) is 1. The fourth-order valence-electron chi connectivity index (χ4n) is 2.49. The van der Waals surface area contributed by atoms with Crippen LogP contribution in [-0.2, 0) is 20.7 Å². The highest BCUT2D eigenvalue weighted by atomic mass is 32.1. The second kappa shape index (κ2) is 8.79. The van der Waals surface area contributed by atoms with Crippen LogP contribution >= 0.6 is 11.3 Å². The molecule has 1 aromatic carbocycles. The van der Waals surface area contributed by atoms with Crippen molar-refractivity contribution in [2.45, 2.75) is 39.7 Å². The summed E-state index contributed by atoms with van der Waals surface area (Å²) in [6.45, 7) is 5.39. The Bertz CT molecular complexity index is 966. The molecule has 3 rings (SSSR count). The van der Waals surface area contributed by atoms with E-state index < -0.39 is 12.1 Å². The smallest absolute Gasteiger partial charge is 0.307 e. The number of amides is 1. The Hall–Kier alpha value is -3.00. The Labute approximate surface area is 166 Å². The summed E-state index contributed by atoms with van der Waals surface area (Å²) >= 11 is 1.54. The lowest BCUT2D eigenvalue weighted by Gasteiger charge is -2.15. The van der Waals surface area contributed by atoms with Crippen molar-refractivity contribution in [2.75, 3.05) is 5.32 Å². The highest BCUT2D eigenvalue weighted by Gasteiger charge is 2.19. The third-order valence-corrected chi connectivity index (χ3v) is 4.80. The maximum Gasteiger partial charge on any atom is 0.307 e. The highest BCUT2D eigenvalue weighted by Crippen LogP contribution is 2.19. The van der Waals surface area contributed by atoms with E-state index in [1.54, 1.807) is 6.92 Å². The molecule has 0 radical (unpaired) electrons. The van der Waals surface area contributed by atoms with Gasteiger partial charge in [-0.15, -0.1) is 0 Å². The van der Waals surface area contributed by atoms with Crippen LogP contribution in [0.25, 0.3) is 11.4 Å². The quantitative estimate of drug-likeness (QED) is 0.605. The Morgan fingerprint density at radius 3 is 2.86 bits per heavy atom. The Balaban J connectivity index is 1.49. The molecule has 0 aliphatic heterocycles. The number of aromatic nitrogens is 2. The number of esters is 1. The number of carbonyl (C=O) groups is 2. The van der Waals surface area contributed by atoms with Crippen LogP contribution in [0.1, 0.15) is 30.4 Å². The van der Waals surface area contributed by atoms with Crippen LogP contribution in [0.15, 0.2) is 39.5 Å². The molecule has 146 valence electrons. The van der Waals surface area contributed by atoms with Gasteiger partial charge in [-0.3, -0.25) is 9.59 Å². The molecular formula is C20H21N3O4S. The summed E-state index contributed by atoms with van der Waals surface area (Å²) < 4.78 is 10.4.